The van der Waals surface area contributed by atoms with Crippen LogP contribution in [0.15, 0.2) is 36.4 Å². The van der Waals surface area contributed by atoms with Crippen LogP contribution in [0, 0.1) is 20.2 Å². The van der Waals surface area contributed by atoms with Crippen LogP contribution in [0.2, 0.25) is 0 Å². The summed E-state index contributed by atoms with van der Waals surface area (Å²) in [6.07, 6.45) is 0. The molecule has 4 rings (SSSR count). The van der Waals surface area contributed by atoms with E-state index in [1.54, 1.807) is 0 Å². The van der Waals surface area contributed by atoms with Crippen molar-refractivity contribution in [3.63, 3.8) is 0 Å². The molecule has 1 radical (unpaired) electrons. The van der Waals surface area contributed by atoms with Gasteiger partial charge in [-0.1, -0.05) is 11.4 Å². The molecule has 21 heteroatoms. The van der Waals surface area contributed by atoms with Crippen LogP contribution in [0.3, 0.4) is 0 Å². The summed E-state index contributed by atoms with van der Waals surface area (Å²) in [4.78, 5) is 19.4. The van der Waals surface area contributed by atoms with Crippen molar-refractivity contribution in [3.8, 4) is 11.5 Å². The van der Waals surface area contributed by atoms with E-state index in [9.17, 15) is 37.1 Å². The molecule has 2 aliphatic heterocycles. The second kappa shape index (κ2) is 15.1. The van der Waals surface area contributed by atoms with E-state index in [1.165, 1.54) is 12.1 Å². The Morgan fingerprint density at radius 3 is 1.22 bits per heavy atom. The minimum Gasteiger partial charge on any atom is -0.540 e. The molecule has 8 N–H and O–H groups in total. The van der Waals surface area contributed by atoms with Crippen molar-refractivity contribution < 1.29 is 52.1 Å². The normalized spacial score (nSPS) is 14.2. The standard InChI is InChI=1S/2C6H3N2O5S.2C2H8N2.Cu/c2*9-8(10)4-1-2-6-5(3-4)7-14(11,12)13-6;2*3-1-2-4;/h2*1-3H;2*1-4H2;/q2*-1;;;+2. The summed E-state index contributed by atoms with van der Waals surface area (Å²) in [5.74, 6) is 0.0196. The summed E-state index contributed by atoms with van der Waals surface area (Å²) in [7, 11) is -7.89. The van der Waals surface area contributed by atoms with Crippen molar-refractivity contribution in [2.75, 3.05) is 26.2 Å². The Bertz CT molecular complexity index is 1190. The molecule has 2 aromatic carbocycles. The summed E-state index contributed by atoms with van der Waals surface area (Å²) in [6, 6.07) is 6.77. The Hall–Kier alpha value is -3.30. The number of hydrogen-bond acceptors (Lipinski definition) is 14. The third-order valence-electron chi connectivity index (χ3n) is 3.45. The summed E-state index contributed by atoms with van der Waals surface area (Å²) in [5, 5.41) is 20.7. The molecule has 2 aliphatic rings. The molecule has 0 atom stereocenters. The topological polar surface area (TPSA) is 305 Å². The maximum Gasteiger partial charge on any atom is 2.00 e. The van der Waals surface area contributed by atoms with E-state index in [-0.39, 0.29) is 51.3 Å². The molecule has 0 aromatic heterocycles. The summed E-state index contributed by atoms with van der Waals surface area (Å²) in [5.41, 5.74) is 19.1. The predicted octanol–water partition coefficient (Wildman–Crippen LogP) is 0.280. The van der Waals surface area contributed by atoms with E-state index in [0.717, 1.165) is 24.3 Å². The van der Waals surface area contributed by atoms with Gasteiger partial charge in [-0.15, -0.1) is 0 Å². The number of rotatable bonds is 4. The molecular weight excluding hydrogens is 592 g/mol. The molecule has 209 valence electrons. The molecule has 2 aromatic rings. The average molecular weight is 614 g/mol. The summed E-state index contributed by atoms with van der Waals surface area (Å²) in [6.45, 7) is 2.39. The van der Waals surface area contributed by atoms with Gasteiger partial charge in [0.2, 0.25) is 0 Å². The van der Waals surface area contributed by atoms with Crippen LogP contribution in [0.1, 0.15) is 0 Å². The average Bonchev–Trinajstić information content (AvgIpc) is 3.30. The van der Waals surface area contributed by atoms with Gasteiger partial charge in [-0.2, -0.15) is 0 Å². The van der Waals surface area contributed by atoms with Gasteiger partial charge in [-0.25, -0.2) is 16.8 Å². The molecular formula is C16H22CuN8O10S2. The number of hydrogen-bond donors (Lipinski definition) is 4. The zero-order chi connectivity index (χ0) is 27.5. The van der Waals surface area contributed by atoms with Crippen molar-refractivity contribution in [1.29, 1.82) is 0 Å². The first-order chi connectivity index (χ1) is 16.8. The molecule has 0 spiro atoms. The second-order valence-electron chi connectivity index (χ2n) is 6.18. The summed E-state index contributed by atoms with van der Waals surface area (Å²) < 4.78 is 58.4. The Kier molecular flexibility index (Phi) is 13.7. The van der Waals surface area contributed by atoms with E-state index < -0.39 is 30.5 Å². The first-order valence-electron chi connectivity index (χ1n) is 9.51. The van der Waals surface area contributed by atoms with E-state index in [0.29, 0.717) is 26.2 Å². The van der Waals surface area contributed by atoms with Crippen LogP contribution >= 0.6 is 0 Å². The van der Waals surface area contributed by atoms with E-state index in [1.807, 2.05) is 0 Å². The largest absolute Gasteiger partial charge is 2.00 e. The molecule has 37 heavy (non-hydrogen) atoms. The Labute approximate surface area is 221 Å². The van der Waals surface area contributed by atoms with Crippen LogP contribution < -0.4 is 31.3 Å². The zero-order valence-electron chi connectivity index (χ0n) is 18.6. The van der Waals surface area contributed by atoms with E-state index in [2.05, 4.69) is 17.8 Å². The summed E-state index contributed by atoms with van der Waals surface area (Å²) >= 11 is 0. The number of nitrogens with two attached hydrogens (primary N) is 4. The van der Waals surface area contributed by atoms with Gasteiger partial charge in [0.1, 0.15) is 11.5 Å². The Morgan fingerprint density at radius 2 is 0.973 bits per heavy atom. The Balaban J connectivity index is 0.000000535. The van der Waals surface area contributed by atoms with Crippen LogP contribution in [0.4, 0.5) is 22.7 Å². The van der Waals surface area contributed by atoms with Gasteiger partial charge < -0.3 is 40.7 Å². The fourth-order valence-corrected chi connectivity index (χ4v) is 3.60. The number of nitro benzene ring substituents is 2. The SMILES string of the molecule is NCCN.NCCN.O=[N+]([O-])c1ccc2c(c1)[N-]S(=O)(=O)O2.O=[N+]([O-])c1ccc2c(c1)[N-]S(=O)(=O)O2.[Cu+2]. The van der Waals surface area contributed by atoms with Gasteiger partial charge in [0.25, 0.3) is 32.0 Å². The minimum absolute atomic E-state index is 0. The molecule has 0 fully saturated rings. The molecule has 0 bridgehead atoms. The first kappa shape index (κ1) is 33.7. The van der Waals surface area contributed by atoms with Gasteiger partial charge >= 0.3 is 17.1 Å². The van der Waals surface area contributed by atoms with Gasteiger partial charge in [-0.3, -0.25) is 20.2 Å². The van der Waals surface area contributed by atoms with Crippen LogP contribution in [-0.4, -0.2) is 52.9 Å². The second-order valence-corrected chi connectivity index (χ2v) is 8.59. The predicted molar refractivity (Wildman–Crippen MR) is 128 cm³/mol. The third-order valence-corrected chi connectivity index (χ3v) is 5.07. The maximum atomic E-state index is 10.8. The van der Waals surface area contributed by atoms with Gasteiger partial charge in [0, 0.05) is 50.4 Å². The molecule has 0 saturated carbocycles. The monoisotopic (exact) mass is 613 g/mol. The van der Waals surface area contributed by atoms with Gasteiger partial charge in [0.05, 0.1) is 9.85 Å². The number of non-ortho nitro benzene ring substituents is 2. The van der Waals surface area contributed by atoms with Crippen molar-refractivity contribution in [2.45, 2.75) is 0 Å². The molecule has 18 nitrogen and oxygen atoms in total. The number of nitro groups is 2. The zero-order valence-corrected chi connectivity index (χ0v) is 21.2. The van der Waals surface area contributed by atoms with Crippen molar-refractivity contribution in [1.82, 2.24) is 0 Å². The molecule has 0 unspecified atom stereocenters. The van der Waals surface area contributed by atoms with Crippen LogP contribution in [-0.2, 0) is 37.7 Å². The number of nitrogens with zero attached hydrogens (tertiary/aromatic N) is 4. The Morgan fingerprint density at radius 1 is 0.676 bits per heavy atom. The smallest absolute Gasteiger partial charge is 0.540 e. The fraction of sp³-hybridized carbons (Fsp3) is 0.250. The van der Waals surface area contributed by atoms with Crippen molar-refractivity contribution in [3.05, 3.63) is 66.1 Å². The van der Waals surface area contributed by atoms with Gasteiger partial charge in [-0.05, 0) is 12.1 Å². The van der Waals surface area contributed by atoms with Crippen LogP contribution in [0.5, 0.6) is 11.5 Å². The number of fused-ring (bicyclic) bond motifs is 2. The van der Waals surface area contributed by atoms with Gasteiger partial charge in [0.15, 0.2) is 0 Å². The van der Waals surface area contributed by atoms with E-state index in [4.69, 9.17) is 22.9 Å². The van der Waals surface area contributed by atoms with Crippen LogP contribution in [0.25, 0.3) is 9.44 Å². The quantitative estimate of drug-likeness (QED) is 0.204. The van der Waals surface area contributed by atoms with Crippen molar-refractivity contribution in [2.24, 2.45) is 22.9 Å². The number of benzene rings is 2. The minimum atomic E-state index is -3.95. The molecule has 2 heterocycles. The maximum absolute atomic E-state index is 10.8. The first-order valence-corrected chi connectivity index (χ1v) is 12.2. The molecule has 0 saturated heterocycles. The fourth-order valence-electron chi connectivity index (χ4n) is 2.03. The van der Waals surface area contributed by atoms with Crippen molar-refractivity contribution >= 4 is 43.4 Å². The molecule has 0 aliphatic carbocycles. The van der Waals surface area contributed by atoms with E-state index >= 15 is 0 Å². The third kappa shape index (κ3) is 11.1. The molecule has 0 amide bonds.